The van der Waals surface area contributed by atoms with E-state index >= 15 is 0 Å². The summed E-state index contributed by atoms with van der Waals surface area (Å²) in [5.41, 5.74) is -0.131. The first-order chi connectivity index (χ1) is 10.6. The third-order valence-electron chi connectivity index (χ3n) is 4.17. The van der Waals surface area contributed by atoms with Crippen molar-refractivity contribution < 1.29 is 9.67 Å². The van der Waals surface area contributed by atoms with Crippen LogP contribution in [0.1, 0.15) is 31.7 Å². The van der Waals surface area contributed by atoms with E-state index < -0.39 is 5.72 Å². The molecule has 0 unspecified atom stereocenters. The second-order valence-corrected chi connectivity index (χ2v) is 6.65. The molecule has 2 aromatic rings. The molecule has 0 fully saturated rings. The van der Waals surface area contributed by atoms with E-state index in [0.29, 0.717) is 6.54 Å². The normalized spacial score (nSPS) is 20.2. The maximum atomic E-state index is 11.4. The standard InChI is InChI=1S/C17H21BrN3O/c1-2-3-4-12-21-16-19-10-5-11-20(16)13-17(21,22)14-6-8-15(18)9-7-14/h5-11,22H,2-4,12-13H2,1H3/q+1/t17-/m1/s1. The predicted molar refractivity (Wildman–Crippen MR) is 89.3 cm³/mol. The minimum Gasteiger partial charge on any atom is -0.353 e. The first-order valence-corrected chi connectivity index (χ1v) is 8.55. The number of aromatic nitrogens is 2. The van der Waals surface area contributed by atoms with Crippen LogP contribution < -0.4 is 9.47 Å². The fraction of sp³-hybridized carbons (Fsp3) is 0.412. The Balaban J connectivity index is 1.96. The average molecular weight is 363 g/mol. The van der Waals surface area contributed by atoms with Gasteiger partial charge in [-0.15, -0.1) is 0 Å². The number of fused-ring (bicyclic) bond motifs is 1. The summed E-state index contributed by atoms with van der Waals surface area (Å²) >= 11 is 3.45. The highest BCUT2D eigenvalue weighted by molar-refractivity contribution is 9.10. The number of nitrogens with zero attached hydrogens (tertiary/aromatic N) is 3. The van der Waals surface area contributed by atoms with Gasteiger partial charge >= 0.3 is 5.95 Å². The summed E-state index contributed by atoms with van der Waals surface area (Å²) in [6.45, 7) is 3.49. The van der Waals surface area contributed by atoms with Crippen molar-refractivity contribution in [3.8, 4) is 0 Å². The molecule has 0 radical (unpaired) electrons. The van der Waals surface area contributed by atoms with Gasteiger partial charge in [0.1, 0.15) is 12.7 Å². The number of aliphatic hydroxyl groups is 1. The molecule has 3 rings (SSSR count). The van der Waals surface area contributed by atoms with Gasteiger partial charge in [-0.2, -0.15) is 0 Å². The Kier molecular flexibility index (Phi) is 4.45. The number of hydrogen-bond donors (Lipinski definition) is 1. The van der Waals surface area contributed by atoms with Crippen molar-refractivity contribution in [2.45, 2.75) is 38.5 Å². The molecular weight excluding hydrogens is 342 g/mol. The molecule has 1 aromatic carbocycles. The van der Waals surface area contributed by atoms with E-state index in [9.17, 15) is 5.11 Å². The number of benzene rings is 1. The first kappa shape index (κ1) is 15.4. The highest BCUT2D eigenvalue weighted by atomic mass is 79.9. The molecular formula is C17H21BrN3O+. The number of rotatable bonds is 5. The fourth-order valence-corrected chi connectivity index (χ4v) is 3.26. The Labute approximate surface area is 139 Å². The smallest absolute Gasteiger partial charge is 0.353 e. The Morgan fingerprint density at radius 2 is 2.09 bits per heavy atom. The Morgan fingerprint density at radius 1 is 1.32 bits per heavy atom. The van der Waals surface area contributed by atoms with E-state index in [1.54, 1.807) is 6.20 Å². The van der Waals surface area contributed by atoms with Crippen LogP contribution in [0.25, 0.3) is 0 Å². The SMILES string of the molecule is CCCCCN1c2nccc[n+]2C[C@@]1(O)c1ccc(Br)cc1. The Morgan fingerprint density at radius 3 is 2.82 bits per heavy atom. The zero-order valence-electron chi connectivity index (χ0n) is 12.7. The van der Waals surface area contributed by atoms with Crippen molar-refractivity contribution in [1.82, 2.24) is 4.98 Å². The predicted octanol–water partition coefficient (Wildman–Crippen LogP) is 2.99. The van der Waals surface area contributed by atoms with Gasteiger partial charge in [-0.05, 0) is 18.6 Å². The highest BCUT2D eigenvalue weighted by Crippen LogP contribution is 2.34. The molecule has 116 valence electrons. The molecule has 1 N–H and O–H groups in total. The van der Waals surface area contributed by atoms with Crippen LogP contribution in [0.2, 0.25) is 0 Å². The van der Waals surface area contributed by atoms with E-state index in [1.807, 2.05) is 46.0 Å². The third-order valence-corrected chi connectivity index (χ3v) is 4.70. The molecule has 0 bridgehead atoms. The fourth-order valence-electron chi connectivity index (χ4n) is 3.00. The molecule has 0 spiro atoms. The minimum absolute atomic E-state index is 0.504. The molecule has 1 aliphatic rings. The molecule has 4 nitrogen and oxygen atoms in total. The van der Waals surface area contributed by atoms with Gasteiger partial charge in [0.2, 0.25) is 5.72 Å². The van der Waals surface area contributed by atoms with Crippen LogP contribution in [0.15, 0.2) is 47.2 Å². The van der Waals surface area contributed by atoms with E-state index in [-0.39, 0.29) is 0 Å². The lowest BCUT2D eigenvalue weighted by Gasteiger charge is -2.28. The van der Waals surface area contributed by atoms with Crippen molar-refractivity contribution >= 4 is 21.9 Å². The second kappa shape index (κ2) is 6.34. The molecule has 1 aliphatic heterocycles. The van der Waals surface area contributed by atoms with Crippen LogP contribution in [-0.2, 0) is 12.3 Å². The Bertz CT molecular complexity index is 647. The van der Waals surface area contributed by atoms with Crippen LogP contribution in [0.5, 0.6) is 0 Å². The summed E-state index contributed by atoms with van der Waals surface area (Å²) in [6.07, 6.45) is 7.12. The largest absolute Gasteiger partial charge is 0.396 e. The summed E-state index contributed by atoms with van der Waals surface area (Å²) < 4.78 is 3.03. The zero-order chi connectivity index (χ0) is 15.6. The van der Waals surface area contributed by atoms with Crippen LogP contribution in [0.3, 0.4) is 0 Å². The summed E-state index contributed by atoms with van der Waals surface area (Å²) in [5, 5.41) is 11.4. The van der Waals surface area contributed by atoms with Gasteiger partial charge in [-0.25, -0.2) is 9.47 Å². The molecule has 0 saturated heterocycles. The Hall–Kier alpha value is -1.46. The number of hydrogen-bond acceptors (Lipinski definition) is 3. The summed E-state index contributed by atoms with van der Waals surface area (Å²) in [6, 6.07) is 9.80. The lowest BCUT2D eigenvalue weighted by molar-refractivity contribution is -0.685. The van der Waals surface area contributed by atoms with Gasteiger partial charge in [0.15, 0.2) is 0 Å². The topological polar surface area (TPSA) is 40.2 Å². The van der Waals surface area contributed by atoms with Crippen molar-refractivity contribution in [2.24, 2.45) is 0 Å². The van der Waals surface area contributed by atoms with E-state index in [1.165, 1.54) is 0 Å². The van der Waals surface area contributed by atoms with Crippen LogP contribution in [0.4, 0.5) is 5.95 Å². The maximum absolute atomic E-state index is 11.4. The van der Waals surface area contributed by atoms with Crippen LogP contribution >= 0.6 is 15.9 Å². The van der Waals surface area contributed by atoms with Gasteiger partial charge in [0.25, 0.3) is 0 Å². The van der Waals surface area contributed by atoms with E-state index in [4.69, 9.17) is 0 Å². The molecule has 5 heteroatoms. The van der Waals surface area contributed by atoms with E-state index in [0.717, 1.165) is 41.8 Å². The first-order valence-electron chi connectivity index (χ1n) is 7.75. The summed E-state index contributed by atoms with van der Waals surface area (Å²) in [4.78, 5) is 6.51. The molecule has 0 aliphatic carbocycles. The quantitative estimate of drug-likeness (QED) is 0.656. The monoisotopic (exact) mass is 362 g/mol. The van der Waals surface area contributed by atoms with Gasteiger partial charge in [0, 0.05) is 16.1 Å². The third kappa shape index (κ3) is 2.75. The molecule has 22 heavy (non-hydrogen) atoms. The average Bonchev–Trinajstić information content (AvgIpc) is 2.81. The maximum Gasteiger partial charge on any atom is 0.396 e. The van der Waals surface area contributed by atoms with Gasteiger partial charge in [0.05, 0.1) is 12.7 Å². The van der Waals surface area contributed by atoms with Crippen molar-refractivity contribution in [3.05, 3.63) is 52.8 Å². The van der Waals surface area contributed by atoms with Crippen molar-refractivity contribution in [3.63, 3.8) is 0 Å². The summed E-state index contributed by atoms with van der Waals surface area (Å²) in [7, 11) is 0. The van der Waals surface area contributed by atoms with Crippen LogP contribution in [0, 0.1) is 0 Å². The van der Waals surface area contributed by atoms with E-state index in [2.05, 4.69) is 27.8 Å². The lowest BCUT2D eigenvalue weighted by atomic mass is 10.0. The number of unbranched alkanes of at least 4 members (excludes halogenated alkanes) is 2. The summed E-state index contributed by atoms with van der Waals surface area (Å²) in [5.74, 6) is 0.837. The molecule has 0 amide bonds. The second-order valence-electron chi connectivity index (χ2n) is 5.73. The van der Waals surface area contributed by atoms with Crippen LogP contribution in [-0.4, -0.2) is 16.6 Å². The number of anilines is 1. The minimum atomic E-state index is -1.03. The van der Waals surface area contributed by atoms with Gasteiger partial charge in [-0.3, -0.25) is 0 Å². The highest BCUT2D eigenvalue weighted by Gasteiger charge is 2.50. The lowest BCUT2D eigenvalue weighted by Crippen LogP contribution is -2.46. The molecule has 1 atom stereocenters. The van der Waals surface area contributed by atoms with Crippen molar-refractivity contribution in [2.75, 3.05) is 11.4 Å². The molecule has 2 heterocycles. The number of halogens is 1. The molecule has 0 saturated carbocycles. The van der Waals surface area contributed by atoms with Gasteiger partial charge < -0.3 is 5.11 Å². The van der Waals surface area contributed by atoms with Gasteiger partial charge in [-0.1, -0.05) is 52.8 Å². The zero-order valence-corrected chi connectivity index (χ0v) is 14.3. The van der Waals surface area contributed by atoms with Crippen molar-refractivity contribution in [1.29, 1.82) is 0 Å². The molecule has 1 aromatic heterocycles.